The zero-order chi connectivity index (χ0) is 13.9. The summed E-state index contributed by atoms with van der Waals surface area (Å²) in [6.45, 7) is 5.24. The van der Waals surface area contributed by atoms with Crippen molar-refractivity contribution in [1.29, 1.82) is 0 Å². The number of nitrogens with one attached hydrogen (secondary N) is 1. The second kappa shape index (κ2) is 5.27. The molecule has 0 aromatic heterocycles. The maximum atomic E-state index is 11.6. The van der Waals surface area contributed by atoms with E-state index in [1.165, 1.54) is 25.3 Å². The third kappa shape index (κ3) is 3.37. The molecule has 0 aliphatic rings. The lowest BCUT2D eigenvalue weighted by Gasteiger charge is -2.27. The van der Waals surface area contributed by atoms with Crippen molar-refractivity contribution in [3.63, 3.8) is 0 Å². The van der Waals surface area contributed by atoms with Crippen LogP contribution >= 0.6 is 0 Å². The summed E-state index contributed by atoms with van der Waals surface area (Å²) >= 11 is 0. The number of ether oxygens (including phenoxy) is 1. The van der Waals surface area contributed by atoms with Crippen molar-refractivity contribution in [2.45, 2.75) is 32.4 Å². The van der Waals surface area contributed by atoms with Crippen LogP contribution in [0.5, 0.6) is 11.5 Å². The van der Waals surface area contributed by atoms with E-state index in [0.717, 1.165) is 0 Å². The van der Waals surface area contributed by atoms with E-state index in [-0.39, 0.29) is 23.5 Å². The molecule has 0 aliphatic heterocycles. The third-order valence-corrected chi connectivity index (χ3v) is 2.70. The maximum absolute atomic E-state index is 11.6. The number of benzene rings is 1. The number of carbonyl (C=O) groups excluding carboxylic acids is 1. The second-order valence-electron chi connectivity index (χ2n) is 4.77. The van der Waals surface area contributed by atoms with Crippen molar-refractivity contribution in [2.75, 3.05) is 7.11 Å². The van der Waals surface area contributed by atoms with Gasteiger partial charge >= 0.3 is 5.97 Å². The third-order valence-electron chi connectivity index (χ3n) is 2.70. The van der Waals surface area contributed by atoms with Gasteiger partial charge in [0.2, 0.25) is 0 Å². The Balaban J connectivity index is 2.88. The van der Waals surface area contributed by atoms with E-state index in [1.807, 2.05) is 6.92 Å². The van der Waals surface area contributed by atoms with Crippen LogP contribution < -0.4 is 5.32 Å². The van der Waals surface area contributed by atoms with E-state index in [2.05, 4.69) is 5.32 Å². The van der Waals surface area contributed by atoms with Gasteiger partial charge in [-0.25, -0.2) is 0 Å². The molecule has 100 valence electrons. The Hall–Kier alpha value is -1.75. The summed E-state index contributed by atoms with van der Waals surface area (Å²) in [4.78, 5) is 11.6. The predicted molar refractivity (Wildman–Crippen MR) is 67.4 cm³/mol. The highest BCUT2D eigenvalue weighted by Crippen LogP contribution is 2.26. The van der Waals surface area contributed by atoms with Crippen LogP contribution in [0.2, 0.25) is 0 Å². The fraction of sp³-hybridized carbons (Fsp3) is 0.462. The summed E-state index contributed by atoms with van der Waals surface area (Å²) in [6.07, 6.45) is 0. The van der Waals surface area contributed by atoms with E-state index in [0.29, 0.717) is 5.56 Å². The minimum atomic E-state index is -0.852. The monoisotopic (exact) mass is 253 g/mol. The molecule has 1 unspecified atom stereocenters. The lowest BCUT2D eigenvalue weighted by atomic mass is 10.0. The molecule has 1 aromatic carbocycles. The van der Waals surface area contributed by atoms with Crippen molar-refractivity contribution >= 4 is 5.97 Å². The van der Waals surface area contributed by atoms with Crippen molar-refractivity contribution in [3.05, 3.63) is 23.8 Å². The summed E-state index contributed by atoms with van der Waals surface area (Å²) in [5.41, 5.74) is -0.167. The highest BCUT2D eigenvalue weighted by Gasteiger charge is 2.30. The Morgan fingerprint density at radius 3 is 2.22 bits per heavy atom. The first-order chi connectivity index (χ1) is 8.26. The maximum Gasteiger partial charge on any atom is 0.325 e. The molecule has 0 heterocycles. The van der Waals surface area contributed by atoms with Gasteiger partial charge < -0.3 is 14.9 Å². The van der Waals surface area contributed by atoms with Crippen LogP contribution in [0, 0.1) is 0 Å². The Bertz CT molecular complexity index is 422. The predicted octanol–water partition coefficient (Wildman–Crippen LogP) is 1.70. The minimum Gasteiger partial charge on any atom is -0.508 e. The van der Waals surface area contributed by atoms with Crippen LogP contribution in [-0.2, 0) is 9.53 Å². The smallest absolute Gasteiger partial charge is 0.325 e. The molecular formula is C13H19NO4. The molecule has 1 rings (SSSR count). The normalized spacial score (nSPS) is 13.1. The average Bonchev–Trinajstić information content (AvgIpc) is 2.25. The van der Waals surface area contributed by atoms with Gasteiger partial charge in [-0.1, -0.05) is 0 Å². The van der Waals surface area contributed by atoms with Crippen LogP contribution in [0.3, 0.4) is 0 Å². The zero-order valence-corrected chi connectivity index (χ0v) is 11.0. The van der Waals surface area contributed by atoms with Crippen LogP contribution in [0.4, 0.5) is 0 Å². The minimum absolute atomic E-state index is 0.0190. The van der Waals surface area contributed by atoms with Crippen molar-refractivity contribution < 1.29 is 19.7 Å². The molecule has 0 amide bonds. The van der Waals surface area contributed by atoms with Gasteiger partial charge in [-0.3, -0.25) is 10.1 Å². The first-order valence-corrected chi connectivity index (χ1v) is 5.65. The van der Waals surface area contributed by atoms with Gasteiger partial charge in [0.15, 0.2) is 0 Å². The van der Waals surface area contributed by atoms with Crippen molar-refractivity contribution in [2.24, 2.45) is 0 Å². The number of hydrogen-bond acceptors (Lipinski definition) is 5. The van der Waals surface area contributed by atoms with Crippen molar-refractivity contribution in [3.8, 4) is 11.5 Å². The number of hydrogen-bond donors (Lipinski definition) is 3. The molecule has 0 fully saturated rings. The topological polar surface area (TPSA) is 78.8 Å². The molecule has 0 saturated heterocycles. The van der Waals surface area contributed by atoms with Gasteiger partial charge in [0.1, 0.15) is 17.0 Å². The number of esters is 1. The zero-order valence-electron chi connectivity index (χ0n) is 11.0. The van der Waals surface area contributed by atoms with Gasteiger partial charge in [-0.05, 0) is 38.5 Å². The second-order valence-corrected chi connectivity index (χ2v) is 4.77. The Morgan fingerprint density at radius 1 is 1.28 bits per heavy atom. The van der Waals surface area contributed by atoms with Gasteiger partial charge in [0.05, 0.1) is 7.11 Å². The standard InChI is InChI=1S/C13H19NO4/c1-8(14-13(2,3)12(17)18-4)9-5-10(15)7-11(16)6-9/h5-8,14-16H,1-4H3. The van der Waals surface area contributed by atoms with Gasteiger partial charge in [0, 0.05) is 12.1 Å². The highest BCUT2D eigenvalue weighted by molar-refractivity contribution is 5.79. The lowest BCUT2D eigenvalue weighted by Crippen LogP contribution is -2.48. The number of aromatic hydroxyl groups is 2. The molecule has 0 bridgehead atoms. The first kappa shape index (κ1) is 14.3. The van der Waals surface area contributed by atoms with E-state index < -0.39 is 5.54 Å². The fourth-order valence-corrected chi connectivity index (χ4v) is 1.81. The summed E-state index contributed by atoms with van der Waals surface area (Å²) in [5.74, 6) is -0.414. The molecule has 0 saturated carbocycles. The number of phenolic OH excluding ortho intramolecular Hbond substituents is 2. The largest absolute Gasteiger partial charge is 0.508 e. The molecule has 5 heteroatoms. The molecule has 3 N–H and O–H groups in total. The van der Waals surface area contributed by atoms with Gasteiger partial charge in [-0.2, -0.15) is 0 Å². The summed E-state index contributed by atoms with van der Waals surface area (Å²) in [5, 5.41) is 21.9. The lowest BCUT2D eigenvalue weighted by molar-refractivity contribution is -0.147. The molecule has 1 aromatic rings. The number of methoxy groups -OCH3 is 1. The molecule has 0 spiro atoms. The Labute approximate surface area is 106 Å². The fourth-order valence-electron chi connectivity index (χ4n) is 1.81. The SMILES string of the molecule is COC(=O)C(C)(C)NC(C)c1cc(O)cc(O)c1. The van der Waals surface area contributed by atoms with Gasteiger partial charge in [0.25, 0.3) is 0 Å². The van der Waals surface area contributed by atoms with E-state index in [9.17, 15) is 15.0 Å². The molecule has 0 aliphatic carbocycles. The van der Waals surface area contributed by atoms with Gasteiger partial charge in [-0.15, -0.1) is 0 Å². The average molecular weight is 253 g/mol. The van der Waals surface area contributed by atoms with Crippen molar-refractivity contribution in [1.82, 2.24) is 5.32 Å². The van der Waals surface area contributed by atoms with E-state index in [4.69, 9.17) is 4.74 Å². The molecule has 0 radical (unpaired) electrons. The summed E-state index contributed by atoms with van der Waals surface area (Å²) < 4.78 is 4.70. The van der Waals surface area contributed by atoms with E-state index in [1.54, 1.807) is 13.8 Å². The van der Waals surface area contributed by atoms with E-state index >= 15 is 0 Å². The van der Waals surface area contributed by atoms with Crippen LogP contribution in [0.25, 0.3) is 0 Å². The summed E-state index contributed by atoms with van der Waals surface area (Å²) in [6, 6.07) is 4.09. The molecule has 5 nitrogen and oxygen atoms in total. The summed E-state index contributed by atoms with van der Waals surface area (Å²) in [7, 11) is 1.33. The number of phenols is 2. The quantitative estimate of drug-likeness (QED) is 0.712. The Morgan fingerprint density at radius 2 is 1.78 bits per heavy atom. The first-order valence-electron chi connectivity index (χ1n) is 5.65. The molecule has 1 atom stereocenters. The molecule has 18 heavy (non-hydrogen) atoms. The Kier molecular flexibility index (Phi) is 4.19. The van der Waals surface area contributed by atoms with Crippen LogP contribution in [0.1, 0.15) is 32.4 Å². The highest BCUT2D eigenvalue weighted by atomic mass is 16.5. The number of carbonyl (C=O) groups is 1. The molecular weight excluding hydrogens is 234 g/mol. The number of rotatable bonds is 4. The van der Waals surface area contributed by atoms with Crippen LogP contribution in [-0.4, -0.2) is 28.8 Å². The van der Waals surface area contributed by atoms with Crippen LogP contribution in [0.15, 0.2) is 18.2 Å².